The second-order valence-corrected chi connectivity index (χ2v) is 10.8. The molecule has 35 heavy (non-hydrogen) atoms. The van der Waals surface area contributed by atoms with Crippen molar-refractivity contribution in [3.8, 4) is 5.75 Å². The van der Waals surface area contributed by atoms with Crippen LogP contribution in [-0.2, 0) is 22.4 Å². The summed E-state index contributed by atoms with van der Waals surface area (Å²) < 4.78 is 5.85. The lowest BCUT2D eigenvalue weighted by Crippen LogP contribution is -2.46. The van der Waals surface area contributed by atoms with Crippen LogP contribution < -0.4 is 10.1 Å². The summed E-state index contributed by atoms with van der Waals surface area (Å²) in [4.78, 5) is 23.7. The van der Waals surface area contributed by atoms with Gasteiger partial charge in [-0.2, -0.15) is 0 Å². The molecule has 0 bridgehead atoms. The number of aliphatic hydroxyl groups is 2. The minimum atomic E-state index is -1.06. The zero-order chi connectivity index (χ0) is 25.5. The molecule has 0 aliphatic heterocycles. The molecule has 196 valence electrons. The monoisotopic (exact) mass is 489 g/mol. The van der Waals surface area contributed by atoms with Gasteiger partial charge >= 0.3 is 5.97 Å². The number of unbranched alkanes of at least 4 members (excludes halogenated alkanes) is 2. The van der Waals surface area contributed by atoms with Crippen molar-refractivity contribution in [1.29, 1.82) is 0 Å². The molecule has 7 nitrogen and oxygen atoms in total. The van der Waals surface area contributed by atoms with E-state index in [4.69, 9.17) is 4.74 Å². The number of carboxylic acids is 1. The van der Waals surface area contributed by atoms with Gasteiger partial charge in [0.2, 0.25) is 0 Å². The first kappa shape index (κ1) is 27.5. The number of carboxylic acid groups (broad SMARTS) is 1. The topological polar surface area (TPSA) is 116 Å². The molecule has 1 aromatic rings. The van der Waals surface area contributed by atoms with Crippen molar-refractivity contribution in [3.05, 3.63) is 29.3 Å². The maximum absolute atomic E-state index is 12.3. The third kappa shape index (κ3) is 7.20. The van der Waals surface area contributed by atoms with Crippen LogP contribution >= 0.6 is 0 Å². The Morgan fingerprint density at radius 1 is 1.17 bits per heavy atom. The van der Waals surface area contributed by atoms with E-state index in [9.17, 15) is 24.9 Å². The first-order valence-corrected chi connectivity index (χ1v) is 13.3. The smallest absolute Gasteiger partial charge is 0.326 e. The Morgan fingerprint density at radius 2 is 1.94 bits per heavy atom. The maximum Gasteiger partial charge on any atom is 0.326 e. The third-order valence-corrected chi connectivity index (χ3v) is 7.93. The molecule has 1 aromatic carbocycles. The standard InChI is InChI=1S/C28H43NO6/c1-4-5-6-9-20(30)11-12-21-22-13-18-8-7-10-25(23(18)14-19(22)15-24(21)31)35-16-26(32)29-27(17(2)3)28(33)34/h7-8,10,17,19-22,24,27,30-31H,4-6,9,11-16H2,1-3H3,(H,29,32)(H,33,34)/t19-,20-,21+,22-,24+,27-/m0/s1. The number of hydrogen-bond acceptors (Lipinski definition) is 5. The quantitative estimate of drug-likeness (QED) is 0.314. The van der Waals surface area contributed by atoms with E-state index in [1.54, 1.807) is 13.8 Å². The predicted octanol–water partition coefficient (Wildman–Crippen LogP) is 3.72. The highest BCUT2D eigenvalue weighted by molar-refractivity contribution is 5.84. The van der Waals surface area contributed by atoms with E-state index in [2.05, 4.69) is 18.3 Å². The van der Waals surface area contributed by atoms with Crippen LogP contribution in [0.2, 0.25) is 0 Å². The number of nitrogens with one attached hydrogen (secondary N) is 1. The van der Waals surface area contributed by atoms with Crippen LogP contribution in [0.5, 0.6) is 5.75 Å². The molecule has 3 rings (SSSR count). The van der Waals surface area contributed by atoms with Gasteiger partial charge in [0.25, 0.3) is 5.91 Å². The Bertz CT molecular complexity index is 856. The van der Waals surface area contributed by atoms with Crippen molar-refractivity contribution < 1.29 is 29.6 Å². The van der Waals surface area contributed by atoms with Crippen LogP contribution in [0.25, 0.3) is 0 Å². The second-order valence-electron chi connectivity index (χ2n) is 10.8. The van der Waals surface area contributed by atoms with Gasteiger partial charge in [-0.15, -0.1) is 0 Å². The number of ether oxygens (including phenoxy) is 1. The van der Waals surface area contributed by atoms with Crippen molar-refractivity contribution in [1.82, 2.24) is 5.32 Å². The fourth-order valence-corrected chi connectivity index (χ4v) is 5.97. The van der Waals surface area contributed by atoms with Crippen LogP contribution in [0.15, 0.2) is 18.2 Å². The fraction of sp³-hybridized carbons (Fsp3) is 0.714. The SMILES string of the molecule is CCCCC[C@H](O)CC[C@@H]1[C@H]2Cc3cccc(OCC(=O)N[C@H](C(=O)O)C(C)C)c3C[C@H]2C[C@H]1O. The van der Waals surface area contributed by atoms with Crippen LogP contribution in [0, 0.1) is 23.7 Å². The van der Waals surface area contributed by atoms with E-state index >= 15 is 0 Å². The molecule has 2 aliphatic rings. The zero-order valence-electron chi connectivity index (χ0n) is 21.4. The summed E-state index contributed by atoms with van der Waals surface area (Å²) in [5.74, 6) is -0.121. The number of benzene rings is 1. The molecule has 1 fully saturated rings. The molecule has 0 radical (unpaired) electrons. The van der Waals surface area contributed by atoms with Gasteiger partial charge < -0.3 is 25.4 Å². The van der Waals surface area contributed by atoms with Crippen LogP contribution in [0.4, 0.5) is 0 Å². The molecular weight excluding hydrogens is 446 g/mol. The Labute approximate surface area is 209 Å². The van der Waals surface area contributed by atoms with Gasteiger partial charge in [0.15, 0.2) is 6.61 Å². The summed E-state index contributed by atoms with van der Waals surface area (Å²) in [5.41, 5.74) is 2.28. The van der Waals surface area contributed by atoms with Gasteiger partial charge in [0.05, 0.1) is 12.2 Å². The summed E-state index contributed by atoms with van der Waals surface area (Å²) in [5, 5.41) is 33.0. The van der Waals surface area contributed by atoms with Crippen molar-refractivity contribution in [2.24, 2.45) is 23.7 Å². The minimum Gasteiger partial charge on any atom is -0.483 e. The summed E-state index contributed by atoms with van der Waals surface area (Å²) in [7, 11) is 0. The molecule has 7 heteroatoms. The van der Waals surface area contributed by atoms with E-state index in [1.165, 1.54) is 5.56 Å². The lowest BCUT2D eigenvalue weighted by molar-refractivity contribution is -0.143. The van der Waals surface area contributed by atoms with Crippen molar-refractivity contribution in [3.63, 3.8) is 0 Å². The normalized spacial score (nSPS) is 25.0. The molecule has 0 saturated heterocycles. The highest BCUT2D eigenvalue weighted by atomic mass is 16.5. The minimum absolute atomic E-state index is 0.202. The Hall–Kier alpha value is -2.12. The van der Waals surface area contributed by atoms with E-state index in [1.807, 2.05) is 12.1 Å². The molecule has 6 atom stereocenters. The highest BCUT2D eigenvalue weighted by Gasteiger charge is 2.44. The Kier molecular flexibility index (Phi) is 9.99. The van der Waals surface area contributed by atoms with Crippen molar-refractivity contribution >= 4 is 11.9 Å². The van der Waals surface area contributed by atoms with Gasteiger partial charge in [-0.3, -0.25) is 4.79 Å². The molecular formula is C28H43NO6. The summed E-state index contributed by atoms with van der Waals surface area (Å²) >= 11 is 0. The average molecular weight is 490 g/mol. The van der Waals surface area contributed by atoms with Gasteiger partial charge in [-0.1, -0.05) is 52.2 Å². The van der Waals surface area contributed by atoms with Crippen molar-refractivity contribution in [2.75, 3.05) is 6.61 Å². The molecule has 0 spiro atoms. The summed E-state index contributed by atoms with van der Waals surface area (Å²) in [6.45, 7) is 5.43. The molecule has 2 aliphatic carbocycles. The predicted molar refractivity (Wildman–Crippen MR) is 134 cm³/mol. The first-order valence-electron chi connectivity index (χ1n) is 13.3. The van der Waals surface area contributed by atoms with Crippen molar-refractivity contribution in [2.45, 2.75) is 96.8 Å². The van der Waals surface area contributed by atoms with Gasteiger partial charge in [0.1, 0.15) is 11.8 Å². The number of rotatable bonds is 13. The lowest BCUT2D eigenvalue weighted by atomic mass is 9.73. The number of hydrogen-bond donors (Lipinski definition) is 4. The van der Waals surface area contributed by atoms with E-state index in [0.29, 0.717) is 17.6 Å². The Morgan fingerprint density at radius 3 is 2.63 bits per heavy atom. The number of aliphatic hydroxyl groups excluding tert-OH is 2. The zero-order valence-corrected chi connectivity index (χ0v) is 21.4. The van der Waals surface area contributed by atoms with Crippen LogP contribution in [-0.4, -0.2) is 52.1 Å². The maximum atomic E-state index is 12.3. The molecule has 0 heterocycles. The van der Waals surface area contributed by atoms with Gasteiger partial charge in [-0.05, 0) is 79.4 Å². The summed E-state index contributed by atoms with van der Waals surface area (Å²) in [6, 6.07) is 4.94. The molecule has 0 unspecified atom stereocenters. The number of carbonyl (C=O) groups is 2. The fourth-order valence-electron chi connectivity index (χ4n) is 5.97. The number of aliphatic carboxylic acids is 1. The average Bonchev–Trinajstić information content (AvgIpc) is 3.11. The summed E-state index contributed by atoms with van der Waals surface area (Å²) in [6.07, 6.45) is 7.57. The first-order chi connectivity index (χ1) is 16.7. The second kappa shape index (κ2) is 12.7. The lowest BCUT2D eigenvalue weighted by Gasteiger charge is -2.32. The molecule has 4 N–H and O–H groups in total. The van der Waals surface area contributed by atoms with E-state index < -0.39 is 17.9 Å². The number of amides is 1. The van der Waals surface area contributed by atoms with E-state index in [0.717, 1.165) is 63.4 Å². The van der Waals surface area contributed by atoms with E-state index in [-0.39, 0.29) is 30.7 Å². The Balaban J connectivity index is 1.59. The van der Waals surface area contributed by atoms with Gasteiger partial charge in [-0.25, -0.2) is 4.79 Å². The number of carbonyl (C=O) groups excluding carboxylic acids is 1. The number of fused-ring (bicyclic) bond motifs is 2. The molecule has 1 saturated carbocycles. The van der Waals surface area contributed by atoms with Gasteiger partial charge in [0, 0.05) is 0 Å². The van der Waals surface area contributed by atoms with Crippen LogP contribution in [0.1, 0.15) is 76.8 Å². The third-order valence-electron chi connectivity index (χ3n) is 7.93. The molecule has 1 amide bonds. The van der Waals surface area contributed by atoms with Crippen LogP contribution in [0.3, 0.4) is 0 Å². The highest BCUT2D eigenvalue weighted by Crippen LogP contribution is 2.48. The molecule has 0 aromatic heterocycles. The largest absolute Gasteiger partial charge is 0.483 e.